The first-order chi connectivity index (χ1) is 11.5. The van der Waals surface area contributed by atoms with Crippen LogP contribution in [0.15, 0.2) is 72.8 Å². The van der Waals surface area contributed by atoms with E-state index in [0.29, 0.717) is 12.2 Å². The average molecular weight is 371 g/mol. The monoisotopic (exact) mass is 370 g/mol. The number of halogens is 2. The van der Waals surface area contributed by atoms with E-state index in [1.165, 1.54) is 0 Å². The summed E-state index contributed by atoms with van der Waals surface area (Å²) in [5.41, 5.74) is 1.85. The Hall–Kier alpha value is -2.70. The van der Waals surface area contributed by atoms with Crippen LogP contribution < -0.4 is 9.67 Å². The van der Waals surface area contributed by atoms with Crippen molar-refractivity contribution >= 4 is 46.9 Å². The molecule has 0 heterocycles. The quantitative estimate of drug-likeness (QED) is 0.475. The minimum atomic E-state index is -1.26. The smallest absolute Gasteiger partial charge is 0.328 e. The van der Waals surface area contributed by atoms with E-state index >= 15 is 0 Å². The van der Waals surface area contributed by atoms with Gasteiger partial charge in [0.2, 0.25) is 0 Å². The molecule has 0 saturated heterocycles. The van der Waals surface area contributed by atoms with Crippen molar-refractivity contribution in [3.05, 3.63) is 72.8 Å². The zero-order valence-corrected chi connectivity index (χ0v) is 13.9. The number of nitrogens with one attached hydrogen (secondary N) is 2. The molecule has 0 spiro atoms. The number of carboxylic acids is 2. The Kier molecular flexibility index (Phi) is 12.4. The van der Waals surface area contributed by atoms with Gasteiger partial charge in [0.1, 0.15) is 0 Å². The number of hydrogen-bond donors (Lipinski definition) is 4. The highest BCUT2D eigenvalue weighted by Gasteiger charge is 1.88. The molecule has 2 aromatic rings. The molecule has 0 unspecified atom stereocenters. The molecular formula is C16H16Cl2N2O4. The van der Waals surface area contributed by atoms with Crippen LogP contribution in [0.5, 0.6) is 0 Å². The highest BCUT2D eigenvalue weighted by molar-refractivity contribution is 6.24. The molecule has 0 fully saturated rings. The summed E-state index contributed by atoms with van der Waals surface area (Å²) >= 11 is 10.6. The van der Waals surface area contributed by atoms with E-state index in [0.717, 1.165) is 11.4 Å². The van der Waals surface area contributed by atoms with Gasteiger partial charge in [-0.25, -0.2) is 9.59 Å². The van der Waals surface area contributed by atoms with Gasteiger partial charge in [0.15, 0.2) is 0 Å². The Balaban J connectivity index is 0.000000331. The number of aliphatic carboxylic acids is 2. The van der Waals surface area contributed by atoms with Gasteiger partial charge in [-0.05, 0) is 24.3 Å². The molecule has 128 valence electrons. The summed E-state index contributed by atoms with van der Waals surface area (Å²) in [4.78, 5) is 24.1. The van der Waals surface area contributed by atoms with Gasteiger partial charge in [-0.1, -0.05) is 36.4 Å². The Morgan fingerprint density at radius 1 is 0.708 bits per heavy atom. The first-order valence-corrected chi connectivity index (χ1v) is 7.22. The summed E-state index contributed by atoms with van der Waals surface area (Å²) in [5.74, 6) is -2.51. The van der Waals surface area contributed by atoms with E-state index in [4.69, 9.17) is 33.8 Å². The molecule has 6 nitrogen and oxygen atoms in total. The van der Waals surface area contributed by atoms with Crippen LogP contribution in [0.2, 0.25) is 0 Å². The molecule has 0 aliphatic rings. The van der Waals surface area contributed by atoms with Gasteiger partial charge in [-0.2, -0.15) is 0 Å². The Bertz CT molecular complexity index is 567. The zero-order chi connectivity index (χ0) is 18.2. The molecule has 0 amide bonds. The predicted octanol–water partition coefficient (Wildman–Crippen LogP) is 4.22. The molecule has 0 atom stereocenters. The fourth-order valence-corrected chi connectivity index (χ4v) is 1.40. The van der Waals surface area contributed by atoms with Crippen molar-refractivity contribution in [3.63, 3.8) is 0 Å². The number of benzene rings is 2. The maximum absolute atomic E-state index is 9.55. The summed E-state index contributed by atoms with van der Waals surface area (Å²) in [6.07, 6.45) is 1.12. The molecule has 2 rings (SSSR count). The maximum Gasteiger partial charge on any atom is 0.328 e. The molecule has 8 heteroatoms. The van der Waals surface area contributed by atoms with Crippen LogP contribution in [0.25, 0.3) is 0 Å². The highest BCUT2D eigenvalue weighted by Crippen LogP contribution is 2.05. The fourth-order valence-electron chi connectivity index (χ4n) is 1.14. The van der Waals surface area contributed by atoms with Crippen molar-refractivity contribution in [1.29, 1.82) is 0 Å². The van der Waals surface area contributed by atoms with Crippen LogP contribution >= 0.6 is 23.6 Å². The summed E-state index contributed by atoms with van der Waals surface area (Å²) in [5, 5.41) is 15.6. The van der Waals surface area contributed by atoms with Crippen LogP contribution in [0.4, 0.5) is 11.4 Å². The molecule has 24 heavy (non-hydrogen) atoms. The van der Waals surface area contributed by atoms with Crippen molar-refractivity contribution in [2.45, 2.75) is 0 Å². The predicted molar refractivity (Wildman–Crippen MR) is 96.2 cm³/mol. The second-order valence-corrected chi connectivity index (χ2v) is 4.31. The lowest BCUT2D eigenvalue weighted by Crippen LogP contribution is -1.91. The summed E-state index contributed by atoms with van der Waals surface area (Å²) in [6, 6.07) is 19.2. The number of para-hydroxylation sites is 2. The normalized spacial score (nSPS) is 8.92. The van der Waals surface area contributed by atoms with E-state index in [2.05, 4.69) is 9.67 Å². The van der Waals surface area contributed by atoms with Crippen LogP contribution in [-0.2, 0) is 9.59 Å². The molecule has 0 radical (unpaired) electrons. The van der Waals surface area contributed by atoms with E-state index < -0.39 is 11.9 Å². The van der Waals surface area contributed by atoms with Crippen LogP contribution in [0, 0.1) is 0 Å². The van der Waals surface area contributed by atoms with Gasteiger partial charge in [-0.3, -0.25) is 9.67 Å². The maximum atomic E-state index is 9.55. The number of rotatable bonds is 4. The van der Waals surface area contributed by atoms with Crippen molar-refractivity contribution in [1.82, 2.24) is 0 Å². The Morgan fingerprint density at radius 2 is 1.00 bits per heavy atom. The van der Waals surface area contributed by atoms with E-state index in [9.17, 15) is 9.59 Å². The van der Waals surface area contributed by atoms with Crippen molar-refractivity contribution in [2.24, 2.45) is 0 Å². The van der Waals surface area contributed by atoms with E-state index in [1.54, 1.807) is 0 Å². The van der Waals surface area contributed by atoms with Crippen LogP contribution in [0.1, 0.15) is 0 Å². The highest BCUT2D eigenvalue weighted by atomic mass is 35.5. The molecule has 0 bridgehead atoms. The first kappa shape index (κ1) is 21.3. The molecule has 0 aromatic heterocycles. The standard InChI is InChI=1S/2C6H6ClN.C4H4O4/c2*7-8-6-4-2-1-3-5-6;5-3(6)1-2-4(7)8/h2*1-5,8H;1-2H,(H,5,6)(H,7,8)/b;;2-1-. The number of carbonyl (C=O) groups is 2. The van der Waals surface area contributed by atoms with Gasteiger partial charge in [0.05, 0.1) is 0 Å². The molecule has 0 aliphatic carbocycles. The molecule has 0 aliphatic heterocycles. The molecule has 4 N–H and O–H groups in total. The SMILES string of the molecule is ClNc1ccccc1.ClNc1ccccc1.O=C(O)/C=C\C(=O)O. The largest absolute Gasteiger partial charge is 0.478 e. The third-order valence-electron chi connectivity index (χ3n) is 2.13. The van der Waals surface area contributed by atoms with Gasteiger partial charge in [0.25, 0.3) is 0 Å². The summed E-state index contributed by atoms with van der Waals surface area (Å²) < 4.78 is 0. The van der Waals surface area contributed by atoms with Gasteiger partial charge < -0.3 is 10.2 Å². The lowest BCUT2D eigenvalue weighted by Gasteiger charge is -1.91. The number of anilines is 2. The molecule has 0 saturated carbocycles. The molecule has 2 aromatic carbocycles. The Morgan fingerprint density at radius 3 is 1.17 bits per heavy atom. The second-order valence-electron chi connectivity index (χ2n) is 3.93. The fraction of sp³-hybridized carbons (Fsp3) is 0. The third-order valence-corrected chi connectivity index (χ3v) is 2.57. The van der Waals surface area contributed by atoms with Crippen LogP contribution in [-0.4, -0.2) is 22.2 Å². The summed E-state index contributed by atoms with van der Waals surface area (Å²) in [7, 11) is 0. The lowest BCUT2D eigenvalue weighted by atomic mass is 10.3. The van der Waals surface area contributed by atoms with Crippen molar-refractivity contribution in [2.75, 3.05) is 9.67 Å². The Labute approximate surface area is 149 Å². The topological polar surface area (TPSA) is 98.7 Å². The van der Waals surface area contributed by atoms with E-state index in [1.807, 2.05) is 60.7 Å². The number of carboxylic acid groups (broad SMARTS) is 2. The van der Waals surface area contributed by atoms with Gasteiger partial charge in [0, 0.05) is 47.1 Å². The van der Waals surface area contributed by atoms with E-state index in [-0.39, 0.29) is 0 Å². The minimum Gasteiger partial charge on any atom is -0.478 e. The zero-order valence-electron chi connectivity index (χ0n) is 12.4. The minimum absolute atomic E-state index is 0.558. The molecular weight excluding hydrogens is 355 g/mol. The second kappa shape index (κ2) is 13.9. The van der Waals surface area contributed by atoms with Gasteiger partial charge in [-0.15, -0.1) is 0 Å². The van der Waals surface area contributed by atoms with Crippen LogP contribution in [0.3, 0.4) is 0 Å². The van der Waals surface area contributed by atoms with Crippen molar-refractivity contribution < 1.29 is 19.8 Å². The van der Waals surface area contributed by atoms with Gasteiger partial charge >= 0.3 is 11.9 Å². The number of hydrogen-bond acceptors (Lipinski definition) is 4. The first-order valence-electron chi connectivity index (χ1n) is 6.47. The van der Waals surface area contributed by atoms with Crippen molar-refractivity contribution in [3.8, 4) is 0 Å². The lowest BCUT2D eigenvalue weighted by molar-refractivity contribution is -0.134. The third kappa shape index (κ3) is 13.0. The summed E-state index contributed by atoms with van der Waals surface area (Å²) in [6.45, 7) is 0. The average Bonchev–Trinajstić information content (AvgIpc) is 2.62.